The van der Waals surface area contributed by atoms with Crippen molar-refractivity contribution in [3.8, 4) is 5.69 Å². The molecule has 10 heteroatoms. The van der Waals surface area contributed by atoms with Crippen LogP contribution in [-0.2, 0) is 0 Å². The minimum Gasteiger partial charge on any atom is -0.393 e. The molecule has 0 radical (unpaired) electrons. The fourth-order valence-electron chi connectivity index (χ4n) is 3.15. The quantitative estimate of drug-likeness (QED) is 0.569. The molecule has 0 saturated heterocycles. The highest BCUT2D eigenvalue weighted by atomic mass is 32.1. The van der Waals surface area contributed by atoms with E-state index in [-0.39, 0.29) is 12.1 Å². The van der Waals surface area contributed by atoms with Gasteiger partial charge in [-0.2, -0.15) is 18.4 Å². The van der Waals surface area contributed by atoms with Crippen LogP contribution in [0.25, 0.3) is 27.9 Å². The van der Waals surface area contributed by atoms with Crippen molar-refractivity contribution >= 4 is 39.9 Å². The topological polar surface area (TPSA) is 115 Å². The standard InChI is InChI=1S/C15H14N8OS/c24-10-3-1-8(5-10)17-15-16-7-13-14(18-15)23(22-19-13)9-2-4-11-12(6-9)21-25-20-11/h2,4,6-8,10,24H,1,3,5H2,(H,16,17,18)/t8-,10-/m1/s1. The Bertz CT molecular complexity index is 1060. The molecular formula is C15H14N8OS. The van der Waals surface area contributed by atoms with Crippen LogP contribution in [0.1, 0.15) is 19.3 Å². The Labute approximate surface area is 146 Å². The van der Waals surface area contributed by atoms with E-state index in [2.05, 4.69) is 34.3 Å². The summed E-state index contributed by atoms with van der Waals surface area (Å²) >= 11 is 1.18. The Morgan fingerprint density at radius 1 is 1.16 bits per heavy atom. The number of benzene rings is 1. The van der Waals surface area contributed by atoms with Crippen molar-refractivity contribution < 1.29 is 5.11 Å². The molecule has 126 valence electrons. The van der Waals surface area contributed by atoms with Crippen LogP contribution in [0, 0.1) is 0 Å². The molecule has 0 aliphatic heterocycles. The molecule has 2 N–H and O–H groups in total. The summed E-state index contributed by atoms with van der Waals surface area (Å²) in [5, 5.41) is 21.3. The molecule has 5 rings (SSSR count). The van der Waals surface area contributed by atoms with Gasteiger partial charge in [-0.25, -0.2) is 4.98 Å². The molecule has 3 heterocycles. The van der Waals surface area contributed by atoms with Crippen LogP contribution in [0.4, 0.5) is 5.95 Å². The zero-order chi connectivity index (χ0) is 16.8. The first-order valence-electron chi connectivity index (χ1n) is 8.02. The molecule has 4 aromatic rings. The van der Waals surface area contributed by atoms with Gasteiger partial charge in [0.05, 0.1) is 29.7 Å². The predicted molar refractivity (Wildman–Crippen MR) is 92.7 cm³/mol. The van der Waals surface area contributed by atoms with Gasteiger partial charge in [0.15, 0.2) is 11.2 Å². The maximum absolute atomic E-state index is 9.66. The van der Waals surface area contributed by atoms with Gasteiger partial charge in [0.25, 0.3) is 0 Å². The van der Waals surface area contributed by atoms with E-state index in [1.165, 1.54) is 11.7 Å². The van der Waals surface area contributed by atoms with Gasteiger partial charge in [0.2, 0.25) is 5.95 Å². The van der Waals surface area contributed by atoms with Gasteiger partial charge in [0, 0.05) is 6.04 Å². The highest BCUT2D eigenvalue weighted by Crippen LogP contribution is 2.23. The molecule has 1 saturated carbocycles. The van der Waals surface area contributed by atoms with Crippen LogP contribution in [0.15, 0.2) is 24.4 Å². The molecule has 0 bridgehead atoms. The van der Waals surface area contributed by atoms with E-state index in [0.717, 1.165) is 29.6 Å². The van der Waals surface area contributed by atoms with Gasteiger partial charge < -0.3 is 10.4 Å². The van der Waals surface area contributed by atoms with Gasteiger partial charge in [-0.15, -0.1) is 5.10 Å². The maximum Gasteiger partial charge on any atom is 0.225 e. The number of hydrogen-bond donors (Lipinski definition) is 2. The molecule has 1 aromatic carbocycles. The average Bonchev–Trinajstić information content (AvgIpc) is 3.33. The summed E-state index contributed by atoms with van der Waals surface area (Å²) in [5.74, 6) is 0.520. The molecule has 0 amide bonds. The lowest BCUT2D eigenvalue weighted by Gasteiger charge is -2.11. The number of hydrogen-bond acceptors (Lipinski definition) is 9. The monoisotopic (exact) mass is 354 g/mol. The Hall–Kier alpha value is -2.72. The van der Waals surface area contributed by atoms with Gasteiger partial charge in [-0.1, -0.05) is 5.21 Å². The van der Waals surface area contributed by atoms with Crippen molar-refractivity contribution in [2.24, 2.45) is 0 Å². The smallest absolute Gasteiger partial charge is 0.225 e. The van der Waals surface area contributed by atoms with Crippen LogP contribution in [-0.4, -0.2) is 51.0 Å². The molecule has 0 spiro atoms. The number of aromatic nitrogens is 7. The summed E-state index contributed by atoms with van der Waals surface area (Å²) in [7, 11) is 0. The van der Waals surface area contributed by atoms with Gasteiger partial charge in [0.1, 0.15) is 11.0 Å². The van der Waals surface area contributed by atoms with Gasteiger partial charge in [-0.05, 0) is 37.5 Å². The SMILES string of the molecule is O[C@@H]1CC[C@@H](Nc2ncc3nnn(-c4ccc5nsnc5c4)c3n2)C1. The van der Waals surface area contributed by atoms with Crippen LogP contribution < -0.4 is 5.32 Å². The number of nitrogens with one attached hydrogen (secondary N) is 1. The van der Waals surface area contributed by atoms with Gasteiger partial charge >= 0.3 is 0 Å². The van der Waals surface area contributed by atoms with Crippen LogP contribution in [0.3, 0.4) is 0 Å². The third-order valence-corrected chi connectivity index (χ3v) is 4.97. The molecule has 3 aromatic heterocycles. The first kappa shape index (κ1) is 14.6. The van der Waals surface area contributed by atoms with Crippen molar-refractivity contribution in [2.75, 3.05) is 5.32 Å². The summed E-state index contributed by atoms with van der Waals surface area (Å²) in [4.78, 5) is 8.87. The third-order valence-electron chi connectivity index (χ3n) is 4.41. The van der Waals surface area contributed by atoms with E-state index < -0.39 is 0 Å². The second-order valence-corrected chi connectivity index (χ2v) is 6.68. The van der Waals surface area contributed by atoms with Crippen molar-refractivity contribution in [1.82, 2.24) is 33.7 Å². The summed E-state index contributed by atoms with van der Waals surface area (Å²) in [6, 6.07) is 5.92. The Balaban J connectivity index is 1.53. The number of nitrogens with zero attached hydrogens (tertiary/aromatic N) is 7. The van der Waals surface area contributed by atoms with Crippen molar-refractivity contribution in [3.05, 3.63) is 24.4 Å². The van der Waals surface area contributed by atoms with E-state index in [9.17, 15) is 5.11 Å². The van der Waals surface area contributed by atoms with Gasteiger partial charge in [-0.3, -0.25) is 0 Å². The van der Waals surface area contributed by atoms with E-state index in [1.807, 2.05) is 18.2 Å². The average molecular weight is 354 g/mol. The zero-order valence-corrected chi connectivity index (χ0v) is 13.9. The minimum atomic E-state index is -0.244. The lowest BCUT2D eigenvalue weighted by molar-refractivity contribution is 0.182. The number of anilines is 1. The molecule has 2 atom stereocenters. The van der Waals surface area contributed by atoms with Crippen LogP contribution >= 0.6 is 11.7 Å². The van der Waals surface area contributed by atoms with Crippen molar-refractivity contribution in [1.29, 1.82) is 0 Å². The Morgan fingerprint density at radius 3 is 2.96 bits per heavy atom. The maximum atomic E-state index is 9.66. The van der Waals surface area contributed by atoms with Crippen molar-refractivity contribution in [2.45, 2.75) is 31.4 Å². The Morgan fingerprint density at radius 2 is 2.08 bits per heavy atom. The number of aliphatic hydroxyl groups excluding tert-OH is 1. The largest absolute Gasteiger partial charge is 0.393 e. The molecule has 0 unspecified atom stereocenters. The first-order chi connectivity index (χ1) is 12.3. The summed E-state index contributed by atoms with van der Waals surface area (Å²) in [6.07, 6.45) is 3.84. The molecule has 1 aliphatic rings. The first-order valence-corrected chi connectivity index (χ1v) is 8.75. The summed E-state index contributed by atoms with van der Waals surface area (Å²) < 4.78 is 10.1. The third kappa shape index (κ3) is 2.59. The van der Waals surface area contributed by atoms with E-state index in [0.29, 0.717) is 23.5 Å². The van der Waals surface area contributed by atoms with E-state index in [1.54, 1.807) is 10.9 Å². The molecule has 1 aliphatic carbocycles. The van der Waals surface area contributed by atoms with Crippen LogP contribution in [0.2, 0.25) is 0 Å². The van der Waals surface area contributed by atoms with E-state index in [4.69, 9.17) is 0 Å². The normalized spacial score (nSPS) is 20.5. The number of fused-ring (bicyclic) bond motifs is 2. The molecule has 1 fully saturated rings. The fraction of sp³-hybridized carbons (Fsp3) is 0.333. The summed E-state index contributed by atoms with van der Waals surface area (Å²) in [6.45, 7) is 0. The second-order valence-electron chi connectivity index (χ2n) is 6.15. The molecule has 25 heavy (non-hydrogen) atoms. The second kappa shape index (κ2) is 5.67. The fourth-order valence-corrected chi connectivity index (χ4v) is 3.66. The predicted octanol–water partition coefficient (Wildman–Crippen LogP) is 1.54. The summed E-state index contributed by atoms with van der Waals surface area (Å²) in [5.41, 5.74) is 3.74. The number of rotatable bonds is 3. The lowest BCUT2D eigenvalue weighted by Crippen LogP contribution is -2.18. The lowest BCUT2D eigenvalue weighted by atomic mass is 10.2. The number of aliphatic hydroxyl groups is 1. The zero-order valence-electron chi connectivity index (χ0n) is 13.1. The van der Waals surface area contributed by atoms with Crippen LogP contribution in [0.5, 0.6) is 0 Å². The molecule has 9 nitrogen and oxygen atoms in total. The van der Waals surface area contributed by atoms with Crippen molar-refractivity contribution in [3.63, 3.8) is 0 Å². The minimum absolute atomic E-state index is 0.189. The highest BCUT2D eigenvalue weighted by Gasteiger charge is 2.23. The Kier molecular flexibility index (Phi) is 3.31. The molecular weight excluding hydrogens is 340 g/mol. The van der Waals surface area contributed by atoms with E-state index >= 15 is 0 Å². The highest BCUT2D eigenvalue weighted by molar-refractivity contribution is 7.00.